The zero-order chi connectivity index (χ0) is 12.3. The fourth-order valence-electron chi connectivity index (χ4n) is 2.13. The van der Waals surface area contributed by atoms with Gasteiger partial charge in [-0.3, -0.25) is 4.90 Å². The Morgan fingerprint density at radius 2 is 2.24 bits per heavy atom. The monoisotopic (exact) mass is 239 g/mol. The first-order chi connectivity index (χ1) is 8.24. The molecule has 0 fully saturated rings. The summed E-state index contributed by atoms with van der Waals surface area (Å²) in [5.41, 5.74) is 0.557. The molecule has 2 rings (SSSR count). The van der Waals surface area contributed by atoms with Gasteiger partial charge in [0.1, 0.15) is 18.4 Å². The molecule has 0 saturated heterocycles. The molecular weight excluding hydrogens is 224 g/mol. The molecule has 1 aromatic rings. The van der Waals surface area contributed by atoms with Crippen molar-refractivity contribution in [3.05, 3.63) is 42.5 Å². The first-order valence-corrected chi connectivity index (χ1v) is 5.59. The van der Waals surface area contributed by atoms with E-state index in [-0.39, 0.29) is 0 Å². The van der Waals surface area contributed by atoms with Gasteiger partial charge < -0.3 is 4.74 Å². The molecule has 0 bridgehead atoms. The highest BCUT2D eigenvalue weighted by Gasteiger charge is 2.32. The van der Waals surface area contributed by atoms with Crippen LogP contribution in [0.4, 0.5) is 8.78 Å². The van der Waals surface area contributed by atoms with Crippen LogP contribution in [0.15, 0.2) is 36.9 Å². The maximum Gasteiger partial charge on any atom is 0.258 e. The number of hydrogen-bond donors (Lipinski definition) is 0. The van der Waals surface area contributed by atoms with Crippen LogP contribution in [0.25, 0.3) is 0 Å². The molecule has 4 heteroatoms. The van der Waals surface area contributed by atoms with Gasteiger partial charge in [0.15, 0.2) is 0 Å². The third-order valence-corrected chi connectivity index (χ3v) is 2.87. The van der Waals surface area contributed by atoms with Crippen LogP contribution in [0.5, 0.6) is 5.75 Å². The number of fused-ring (bicyclic) bond motifs is 1. The fourth-order valence-corrected chi connectivity index (χ4v) is 2.13. The third kappa shape index (κ3) is 2.47. The van der Waals surface area contributed by atoms with E-state index in [0.717, 1.165) is 0 Å². The van der Waals surface area contributed by atoms with Crippen molar-refractivity contribution in [3.63, 3.8) is 0 Å². The minimum atomic E-state index is -2.43. The molecule has 2 nitrogen and oxygen atoms in total. The van der Waals surface area contributed by atoms with Gasteiger partial charge in [-0.2, -0.15) is 0 Å². The molecule has 1 aliphatic heterocycles. The lowest BCUT2D eigenvalue weighted by atomic mass is 10.0. The number of alkyl halides is 2. The average molecular weight is 239 g/mol. The van der Waals surface area contributed by atoms with Crippen LogP contribution in [0.1, 0.15) is 11.6 Å². The van der Waals surface area contributed by atoms with Crippen molar-refractivity contribution in [1.29, 1.82) is 0 Å². The largest absolute Gasteiger partial charge is 0.492 e. The van der Waals surface area contributed by atoms with Gasteiger partial charge in [-0.25, -0.2) is 8.78 Å². The minimum absolute atomic E-state index is 0.425. The van der Waals surface area contributed by atoms with Crippen LogP contribution >= 0.6 is 0 Å². The number of ether oxygens (including phenoxy) is 1. The molecule has 1 atom stereocenters. The summed E-state index contributed by atoms with van der Waals surface area (Å²) >= 11 is 0. The molecule has 0 saturated carbocycles. The predicted octanol–water partition coefficient (Wildman–Crippen LogP) is 2.87. The van der Waals surface area contributed by atoms with E-state index in [2.05, 4.69) is 6.58 Å². The Bertz CT molecular complexity index is 395. The minimum Gasteiger partial charge on any atom is -0.492 e. The Balaban J connectivity index is 2.39. The van der Waals surface area contributed by atoms with Gasteiger partial charge in [0.25, 0.3) is 6.43 Å². The normalized spacial score (nSPS) is 20.5. The topological polar surface area (TPSA) is 12.5 Å². The zero-order valence-electron chi connectivity index (χ0n) is 9.48. The Morgan fingerprint density at radius 3 is 2.94 bits per heavy atom. The van der Waals surface area contributed by atoms with Crippen LogP contribution < -0.4 is 4.74 Å². The molecule has 1 unspecified atom stereocenters. The number of nitrogens with zero attached hydrogens (tertiary/aromatic N) is 1. The lowest BCUT2D eigenvalue weighted by Crippen LogP contribution is -2.34. The molecule has 0 radical (unpaired) electrons. The number of para-hydroxylation sites is 1. The predicted molar refractivity (Wildman–Crippen MR) is 62.5 cm³/mol. The summed E-state index contributed by atoms with van der Waals surface area (Å²) in [6, 6.07) is 6.08. The van der Waals surface area contributed by atoms with E-state index < -0.39 is 12.5 Å². The summed E-state index contributed by atoms with van der Waals surface area (Å²) < 4.78 is 31.9. The van der Waals surface area contributed by atoms with Crippen molar-refractivity contribution in [2.75, 3.05) is 19.7 Å². The summed E-state index contributed by atoms with van der Waals surface area (Å²) in [5, 5.41) is 0. The molecule has 1 aliphatic rings. The lowest BCUT2D eigenvalue weighted by Gasteiger charge is -2.27. The molecule has 92 valence electrons. The Labute approximate surface area is 99.5 Å². The van der Waals surface area contributed by atoms with Crippen LogP contribution in [0.2, 0.25) is 0 Å². The maximum atomic E-state index is 13.2. The van der Waals surface area contributed by atoms with E-state index in [0.29, 0.717) is 31.0 Å². The highest BCUT2D eigenvalue weighted by Crippen LogP contribution is 2.35. The molecule has 0 spiro atoms. The molecule has 17 heavy (non-hydrogen) atoms. The second kappa shape index (κ2) is 5.27. The van der Waals surface area contributed by atoms with Crippen LogP contribution in [0.3, 0.4) is 0 Å². The van der Waals surface area contributed by atoms with Crippen LogP contribution in [-0.4, -0.2) is 31.0 Å². The van der Waals surface area contributed by atoms with Crippen molar-refractivity contribution in [2.45, 2.75) is 12.5 Å². The zero-order valence-corrected chi connectivity index (χ0v) is 9.48. The number of benzene rings is 1. The molecular formula is C13H15F2NO. The SMILES string of the molecule is C=CCN1CCOc2ccccc2C1C(F)F. The van der Waals surface area contributed by atoms with E-state index in [1.54, 1.807) is 35.2 Å². The number of hydrogen-bond acceptors (Lipinski definition) is 2. The molecule has 0 amide bonds. The first-order valence-electron chi connectivity index (χ1n) is 5.59. The van der Waals surface area contributed by atoms with Crippen molar-refractivity contribution in [3.8, 4) is 5.75 Å². The number of rotatable bonds is 3. The second-order valence-electron chi connectivity index (χ2n) is 3.95. The molecule has 0 aliphatic carbocycles. The highest BCUT2D eigenvalue weighted by molar-refractivity contribution is 5.37. The van der Waals surface area contributed by atoms with E-state index in [1.165, 1.54) is 0 Å². The lowest BCUT2D eigenvalue weighted by molar-refractivity contribution is 0.0309. The first kappa shape index (κ1) is 12.0. The summed E-state index contributed by atoms with van der Waals surface area (Å²) in [7, 11) is 0. The van der Waals surface area contributed by atoms with Gasteiger partial charge >= 0.3 is 0 Å². The van der Waals surface area contributed by atoms with Gasteiger partial charge in [0, 0.05) is 18.7 Å². The van der Waals surface area contributed by atoms with Gasteiger partial charge in [-0.05, 0) is 6.07 Å². The molecule has 1 heterocycles. The van der Waals surface area contributed by atoms with E-state index in [4.69, 9.17) is 4.74 Å². The van der Waals surface area contributed by atoms with Gasteiger partial charge in [-0.15, -0.1) is 6.58 Å². The average Bonchev–Trinajstić information content (AvgIpc) is 2.48. The summed E-state index contributed by atoms with van der Waals surface area (Å²) in [5.74, 6) is 0.560. The molecule has 0 aromatic heterocycles. The smallest absolute Gasteiger partial charge is 0.258 e. The Hall–Kier alpha value is -1.42. The van der Waals surface area contributed by atoms with E-state index >= 15 is 0 Å². The Morgan fingerprint density at radius 1 is 1.47 bits per heavy atom. The second-order valence-corrected chi connectivity index (χ2v) is 3.95. The maximum absolute atomic E-state index is 13.2. The molecule has 1 aromatic carbocycles. The quantitative estimate of drug-likeness (QED) is 0.752. The summed E-state index contributed by atoms with van der Waals surface area (Å²) in [6.07, 6.45) is -0.790. The van der Waals surface area contributed by atoms with Gasteiger partial charge in [-0.1, -0.05) is 24.3 Å². The van der Waals surface area contributed by atoms with Crippen molar-refractivity contribution >= 4 is 0 Å². The summed E-state index contributed by atoms with van der Waals surface area (Å²) in [4.78, 5) is 1.70. The van der Waals surface area contributed by atoms with E-state index in [9.17, 15) is 8.78 Å². The number of halogens is 2. The van der Waals surface area contributed by atoms with Crippen molar-refractivity contribution in [1.82, 2.24) is 4.90 Å². The highest BCUT2D eigenvalue weighted by atomic mass is 19.3. The standard InChI is InChI=1S/C13H15F2NO/c1-2-7-16-8-9-17-11-6-4-3-5-10(11)12(16)13(14)15/h2-6,12-13H,1,7-9H2. The fraction of sp³-hybridized carbons (Fsp3) is 0.385. The van der Waals surface area contributed by atoms with Crippen LogP contribution in [0, 0.1) is 0 Å². The molecule has 0 N–H and O–H groups in total. The van der Waals surface area contributed by atoms with Gasteiger partial charge in [0.2, 0.25) is 0 Å². The van der Waals surface area contributed by atoms with Gasteiger partial charge in [0.05, 0.1) is 0 Å². The van der Waals surface area contributed by atoms with Crippen molar-refractivity contribution < 1.29 is 13.5 Å². The Kier molecular flexibility index (Phi) is 3.74. The summed E-state index contributed by atoms with van der Waals surface area (Å²) in [6.45, 7) is 4.95. The van der Waals surface area contributed by atoms with Crippen LogP contribution in [-0.2, 0) is 0 Å². The van der Waals surface area contributed by atoms with Crippen molar-refractivity contribution in [2.24, 2.45) is 0 Å². The van der Waals surface area contributed by atoms with E-state index in [1.807, 2.05) is 0 Å². The third-order valence-electron chi connectivity index (χ3n) is 2.87.